The van der Waals surface area contributed by atoms with E-state index in [4.69, 9.17) is 9.47 Å². The van der Waals surface area contributed by atoms with Crippen molar-refractivity contribution in [2.24, 2.45) is 0 Å². The van der Waals surface area contributed by atoms with Crippen LogP contribution in [-0.4, -0.2) is 25.1 Å². The molecule has 3 rings (SSSR count). The molecule has 1 aliphatic carbocycles. The third-order valence-electron chi connectivity index (χ3n) is 5.48. The zero-order valence-electron chi connectivity index (χ0n) is 17.5. The minimum absolute atomic E-state index is 0.235. The molecular weight excluding hydrogens is 385 g/mol. The molecule has 1 N–H and O–H groups in total. The van der Waals surface area contributed by atoms with E-state index in [-0.39, 0.29) is 23.9 Å². The maximum absolute atomic E-state index is 14.6. The molecule has 0 radical (unpaired) electrons. The topological polar surface area (TPSA) is 64.6 Å². The number of ether oxygens (including phenoxy) is 2. The van der Waals surface area contributed by atoms with Gasteiger partial charge in [0.2, 0.25) is 5.91 Å². The van der Waals surface area contributed by atoms with E-state index in [0.717, 1.165) is 19.3 Å². The van der Waals surface area contributed by atoms with E-state index >= 15 is 0 Å². The molecule has 1 amide bonds. The van der Waals surface area contributed by atoms with Gasteiger partial charge in [0.05, 0.1) is 18.6 Å². The molecule has 0 atom stereocenters. The van der Waals surface area contributed by atoms with Crippen molar-refractivity contribution >= 4 is 17.6 Å². The van der Waals surface area contributed by atoms with Crippen LogP contribution in [0.3, 0.4) is 0 Å². The highest BCUT2D eigenvalue weighted by molar-refractivity contribution is 6.01. The lowest BCUT2D eigenvalue weighted by Crippen LogP contribution is -2.38. The molecule has 160 valence electrons. The summed E-state index contributed by atoms with van der Waals surface area (Å²) in [6.07, 6.45) is 3.69. The smallest absolute Gasteiger partial charge is 0.341 e. The van der Waals surface area contributed by atoms with Crippen LogP contribution < -0.4 is 10.1 Å². The van der Waals surface area contributed by atoms with E-state index in [1.54, 1.807) is 43.3 Å². The molecule has 2 aromatic rings. The van der Waals surface area contributed by atoms with Gasteiger partial charge in [-0.2, -0.15) is 0 Å². The molecular formula is C24H28FNO4. The fourth-order valence-corrected chi connectivity index (χ4v) is 4.01. The highest BCUT2D eigenvalue weighted by Gasteiger charge is 2.44. The number of benzene rings is 2. The highest BCUT2D eigenvalue weighted by atomic mass is 19.1. The van der Waals surface area contributed by atoms with Crippen LogP contribution in [0.2, 0.25) is 0 Å². The highest BCUT2D eigenvalue weighted by Crippen LogP contribution is 2.43. The summed E-state index contributed by atoms with van der Waals surface area (Å²) in [6, 6.07) is 11.4. The van der Waals surface area contributed by atoms with Crippen LogP contribution in [0.25, 0.3) is 0 Å². The van der Waals surface area contributed by atoms with E-state index in [0.29, 0.717) is 36.4 Å². The maximum atomic E-state index is 14.6. The lowest BCUT2D eigenvalue weighted by atomic mass is 9.77. The SMILES string of the molecule is CCCOc1ccc(NC(=O)C2(c3ccccc3F)CCCC2)cc1C(=O)OCC. The molecule has 1 saturated carbocycles. The second-order valence-corrected chi connectivity index (χ2v) is 7.50. The van der Waals surface area contributed by atoms with Gasteiger partial charge >= 0.3 is 5.97 Å². The van der Waals surface area contributed by atoms with Gasteiger partial charge in [-0.05, 0) is 50.5 Å². The first-order valence-electron chi connectivity index (χ1n) is 10.5. The number of rotatable bonds is 8. The molecule has 30 heavy (non-hydrogen) atoms. The van der Waals surface area contributed by atoms with Crippen molar-refractivity contribution in [2.75, 3.05) is 18.5 Å². The molecule has 1 aliphatic rings. The number of anilines is 1. The molecule has 0 aromatic heterocycles. The summed E-state index contributed by atoms with van der Waals surface area (Å²) in [6.45, 7) is 4.41. The van der Waals surface area contributed by atoms with Gasteiger partial charge in [0.15, 0.2) is 0 Å². The average Bonchev–Trinajstić information content (AvgIpc) is 3.24. The molecule has 0 spiro atoms. The number of carbonyl (C=O) groups excluding carboxylic acids is 2. The standard InChI is InChI=1S/C24H28FNO4/c1-3-15-30-21-12-11-17(16-18(21)22(27)29-4-2)26-23(28)24(13-7-8-14-24)19-9-5-6-10-20(19)25/h5-6,9-12,16H,3-4,7-8,13-15H2,1-2H3,(H,26,28). The fourth-order valence-electron chi connectivity index (χ4n) is 4.01. The summed E-state index contributed by atoms with van der Waals surface area (Å²) in [4.78, 5) is 25.7. The number of amides is 1. The Labute approximate surface area is 176 Å². The lowest BCUT2D eigenvalue weighted by molar-refractivity contribution is -0.121. The van der Waals surface area contributed by atoms with E-state index in [9.17, 15) is 14.0 Å². The first kappa shape index (κ1) is 21.8. The van der Waals surface area contributed by atoms with Crippen molar-refractivity contribution < 1.29 is 23.5 Å². The van der Waals surface area contributed by atoms with Gasteiger partial charge in [0.1, 0.15) is 17.1 Å². The summed E-state index contributed by atoms with van der Waals surface area (Å²) in [7, 11) is 0. The number of carbonyl (C=O) groups is 2. The minimum Gasteiger partial charge on any atom is -0.493 e. The first-order valence-corrected chi connectivity index (χ1v) is 10.5. The van der Waals surface area contributed by atoms with Gasteiger partial charge in [-0.1, -0.05) is 38.0 Å². The Kier molecular flexibility index (Phi) is 7.08. The molecule has 0 bridgehead atoms. The van der Waals surface area contributed by atoms with Gasteiger partial charge in [0.25, 0.3) is 0 Å². The molecule has 5 nitrogen and oxygen atoms in total. The molecule has 1 fully saturated rings. The Morgan fingerprint density at radius 3 is 2.50 bits per heavy atom. The largest absolute Gasteiger partial charge is 0.493 e. The van der Waals surface area contributed by atoms with Crippen molar-refractivity contribution in [3.05, 3.63) is 59.4 Å². The first-order chi connectivity index (χ1) is 14.5. The molecule has 6 heteroatoms. The summed E-state index contributed by atoms with van der Waals surface area (Å²) in [5.74, 6) is -0.727. The number of hydrogen-bond acceptors (Lipinski definition) is 4. The van der Waals surface area contributed by atoms with Crippen LogP contribution in [0.15, 0.2) is 42.5 Å². The normalized spacial score (nSPS) is 14.9. The number of hydrogen-bond donors (Lipinski definition) is 1. The number of halogens is 1. The van der Waals surface area contributed by atoms with E-state index in [1.807, 2.05) is 6.92 Å². The van der Waals surface area contributed by atoms with E-state index < -0.39 is 11.4 Å². The Hall–Kier alpha value is -2.89. The summed E-state index contributed by atoms with van der Waals surface area (Å²) < 4.78 is 25.3. The Morgan fingerprint density at radius 1 is 1.10 bits per heavy atom. The summed E-state index contributed by atoms with van der Waals surface area (Å²) in [5.41, 5.74) is 0.227. The van der Waals surface area contributed by atoms with Crippen molar-refractivity contribution in [1.82, 2.24) is 0 Å². The number of nitrogens with one attached hydrogen (secondary N) is 1. The van der Waals surface area contributed by atoms with Crippen LogP contribution >= 0.6 is 0 Å². The van der Waals surface area contributed by atoms with E-state index in [1.165, 1.54) is 6.07 Å². The second-order valence-electron chi connectivity index (χ2n) is 7.50. The Bertz CT molecular complexity index is 906. The molecule has 2 aromatic carbocycles. The monoisotopic (exact) mass is 413 g/mol. The van der Waals surface area contributed by atoms with Gasteiger partial charge in [-0.15, -0.1) is 0 Å². The molecule has 0 aliphatic heterocycles. The minimum atomic E-state index is -0.910. The Balaban J connectivity index is 1.90. The maximum Gasteiger partial charge on any atom is 0.341 e. The molecule has 0 unspecified atom stereocenters. The lowest BCUT2D eigenvalue weighted by Gasteiger charge is -2.28. The fraction of sp³-hybridized carbons (Fsp3) is 0.417. The van der Waals surface area contributed by atoms with Crippen molar-refractivity contribution in [3.8, 4) is 5.75 Å². The van der Waals surface area contributed by atoms with E-state index in [2.05, 4.69) is 5.32 Å². The van der Waals surface area contributed by atoms with Crippen LogP contribution in [0.4, 0.5) is 10.1 Å². The van der Waals surface area contributed by atoms with Gasteiger partial charge < -0.3 is 14.8 Å². The summed E-state index contributed by atoms with van der Waals surface area (Å²) >= 11 is 0. The third-order valence-corrected chi connectivity index (χ3v) is 5.48. The van der Waals surface area contributed by atoms with Crippen molar-refractivity contribution in [2.45, 2.75) is 51.4 Å². The van der Waals surface area contributed by atoms with Gasteiger partial charge in [-0.25, -0.2) is 9.18 Å². The predicted molar refractivity (Wildman–Crippen MR) is 113 cm³/mol. The summed E-state index contributed by atoms with van der Waals surface area (Å²) in [5, 5.41) is 2.90. The zero-order valence-corrected chi connectivity index (χ0v) is 17.5. The predicted octanol–water partition coefficient (Wildman–Crippen LogP) is 5.24. The van der Waals surface area contributed by atoms with Crippen LogP contribution in [0, 0.1) is 5.82 Å². The number of esters is 1. The third kappa shape index (κ3) is 4.48. The van der Waals surface area contributed by atoms with Crippen molar-refractivity contribution in [3.63, 3.8) is 0 Å². The Morgan fingerprint density at radius 2 is 1.83 bits per heavy atom. The van der Waals surface area contributed by atoms with Crippen LogP contribution in [0.5, 0.6) is 5.75 Å². The van der Waals surface area contributed by atoms with Crippen LogP contribution in [-0.2, 0) is 14.9 Å². The molecule has 0 saturated heterocycles. The van der Waals surface area contributed by atoms with Gasteiger partial charge in [0, 0.05) is 11.3 Å². The quantitative estimate of drug-likeness (QED) is 0.601. The van der Waals surface area contributed by atoms with Crippen LogP contribution in [0.1, 0.15) is 61.9 Å². The average molecular weight is 413 g/mol. The second kappa shape index (κ2) is 9.74. The zero-order chi connectivity index (χ0) is 21.6. The van der Waals surface area contributed by atoms with Crippen molar-refractivity contribution in [1.29, 1.82) is 0 Å². The van der Waals surface area contributed by atoms with Gasteiger partial charge in [-0.3, -0.25) is 4.79 Å². The molecule has 0 heterocycles.